The van der Waals surface area contributed by atoms with Crippen LogP contribution in [0.15, 0.2) is 71.6 Å². The van der Waals surface area contributed by atoms with Crippen molar-refractivity contribution in [1.29, 1.82) is 0 Å². The smallest absolute Gasteiger partial charge is 0.332 e. The van der Waals surface area contributed by atoms with Gasteiger partial charge in [0, 0.05) is 58.6 Å². The minimum atomic E-state index is -0.434. The van der Waals surface area contributed by atoms with Crippen molar-refractivity contribution in [2.75, 3.05) is 6.61 Å². The fourth-order valence-corrected chi connectivity index (χ4v) is 3.84. The summed E-state index contributed by atoms with van der Waals surface area (Å²) in [6.07, 6.45) is 3.91. The van der Waals surface area contributed by atoms with Crippen LogP contribution in [0, 0.1) is 10.1 Å². The van der Waals surface area contributed by atoms with Crippen LogP contribution in [0.4, 0.5) is 5.69 Å². The lowest BCUT2D eigenvalue weighted by molar-refractivity contribution is -0.384. The van der Waals surface area contributed by atoms with Gasteiger partial charge in [-0.3, -0.25) is 15.1 Å². The molecule has 2 aromatic carbocycles. The zero-order chi connectivity index (χ0) is 22.0. The molecule has 0 saturated carbocycles. The van der Waals surface area contributed by atoms with E-state index in [-0.39, 0.29) is 18.3 Å². The number of nitro groups is 1. The van der Waals surface area contributed by atoms with Gasteiger partial charge in [-0.05, 0) is 19.9 Å². The van der Waals surface area contributed by atoms with Gasteiger partial charge in [-0.25, -0.2) is 4.79 Å². The molecule has 8 nitrogen and oxygen atoms in total. The highest BCUT2D eigenvalue weighted by molar-refractivity contribution is 6.03. The van der Waals surface area contributed by atoms with Gasteiger partial charge in [-0.15, -0.1) is 0 Å². The maximum Gasteiger partial charge on any atom is 0.332 e. The number of para-hydroxylation sites is 1. The zero-order valence-corrected chi connectivity index (χ0v) is 17.2. The van der Waals surface area contributed by atoms with E-state index < -0.39 is 10.9 Å². The Morgan fingerprint density at radius 1 is 1.32 bits per heavy atom. The van der Waals surface area contributed by atoms with Crippen LogP contribution in [0.2, 0.25) is 0 Å². The van der Waals surface area contributed by atoms with Crippen LogP contribution < -0.4 is 0 Å². The maximum absolute atomic E-state index is 12.0. The molecule has 1 N–H and O–H groups in total. The van der Waals surface area contributed by atoms with Crippen molar-refractivity contribution < 1.29 is 14.5 Å². The molecule has 158 valence electrons. The number of benzene rings is 2. The number of non-ortho nitro benzene ring substituents is 1. The lowest BCUT2D eigenvalue weighted by atomic mass is 9.97. The number of hydrogen-bond acceptors (Lipinski definition) is 6. The van der Waals surface area contributed by atoms with Crippen LogP contribution in [-0.4, -0.2) is 33.2 Å². The molecule has 0 unspecified atom stereocenters. The summed E-state index contributed by atoms with van der Waals surface area (Å²) in [5.74, 6) is -0.434. The average molecular weight is 418 g/mol. The number of carbonyl (C=O) groups is 1. The summed E-state index contributed by atoms with van der Waals surface area (Å²) in [4.78, 5) is 26.1. The van der Waals surface area contributed by atoms with Gasteiger partial charge in [-0.2, -0.15) is 5.10 Å². The van der Waals surface area contributed by atoms with Crippen molar-refractivity contribution in [3.05, 3.63) is 87.7 Å². The van der Waals surface area contributed by atoms with Crippen LogP contribution in [0.5, 0.6) is 0 Å². The first kappa shape index (κ1) is 20.3. The van der Waals surface area contributed by atoms with Crippen LogP contribution in [0.25, 0.3) is 10.9 Å². The average Bonchev–Trinajstić information content (AvgIpc) is 3.38. The van der Waals surface area contributed by atoms with Gasteiger partial charge >= 0.3 is 5.97 Å². The monoisotopic (exact) mass is 418 g/mol. The normalized spacial score (nSPS) is 16.5. The molecule has 0 aliphatic carbocycles. The van der Waals surface area contributed by atoms with Crippen molar-refractivity contribution in [1.82, 2.24) is 9.99 Å². The first-order valence-corrected chi connectivity index (χ1v) is 10.0. The Labute approximate surface area is 179 Å². The number of aromatic amines is 1. The largest absolute Gasteiger partial charge is 0.463 e. The van der Waals surface area contributed by atoms with E-state index in [0.29, 0.717) is 17.7 Å². The second-order valence-corrected chi connectivity index (χ2v) is 7.25. The first-order chi connectivity index (χ1) is 15.0. The van der Waals surface area contributed by atoms with E-state index in [2.05, 4.69) is 4.98 Å². The minimum Gasteiger partial charge on any atom is -0.463 e. The molecule has 1 aromatic heterocycles. The summed E-state index contributed by atoms with van der Waals surface area (Å²) in [7, 11) is 0. The second-order valence-electron chi connectivity index (χ2n) is 7.25. The number of allylic oxidation sites excluding steroid dienone is 1. The summed E-state index contributed by atoms with van der Waals surface area (Å²) in [6.45, 7) is 3.85. The topological polar surface area (TPSA) is 101 Å². The fourth-order valence-electron chi connectivity index (χ4n) is 3.84. The molecular formula is C23H22N4O4. The third kappa shape index (κ3) is 4.05. The predicted octanol–water partition coefficient (Wildman–Crippen LogP) is 4.69. The highest BCUT2D eigenvalue weighted by Gasteiger charge is 2.32. The number of aromatic nitrogens is 1. The number of fused-ring (bicyclic) bond motifs is 1. The highest BCUT2D eigenvalue weighted by Crippen LogP contribution is 2.38. The summed E-state index contributed by atoms with van der Waals surface area (Å²) < 4.78 is 5.05. The molecule has 0 bridgehead atoms. The second kappa shape index (κ2) is 8.43. The van der Waals surface area contributed by atoms with Crippen LogP contribution in [-0.2, 0) is 9.53 Å². The van der Waals surface area contributed by atoms with Gasteiger partial charge in [0.2, 0.25) is 0 Å². The van der Waals surface area contributed by atoms with E-state index >= 15 is 0 Å². The molecule has 0 spiro atoms. The van der Waals surface area contributed by atoms with E-state index in [1.54, 1.807) is 24.9 Å². The number of carbonyl (C=O) groups excluding carboxylic acids is 1. The van der Waals surface area contributed by atoms with Gasteiger partial charge in [0.25, 0.3) is 5.69 Å². The van der Waals surface area contributed by atoms with Crippen LogP contribution >= 0.6 is 0 Å². The molecule has 0 radical (unpaired) electrons. The third-order valence-corrected chi connectivity index (χ3v) is 5.26. The summed E-state index contributed by atoms with van der Waals surface area (Å²) in [6, 6.07) is 14.3. The van der Waals surface area contributed by atoms with Crippen LogP contribution in [0.1, 0.15) is 37.4 Å². The molecule has 0 saturated heterocycles. The highest BCUT2D eigenvalue weighted by atomic mass is 16.6. The van der Waals surface area contributed by atoms with Crippen LogP contribution in [0.3, 0.4) is 0 Å². The molecule has 1 atom stereocenters. The number of nitro benzene ring substituents is 1. The summed E-state index contributed by atoms with van der Waals surface area (Å²) in [5, 5.41) is 18.8. The van der Waals surface area contributed by atoms with Crippen molar-refractivity contribution in [2.45, 2.75) is 26.3 Å². The molecular weight excluding hydrogens is 396 g/mol. The van der Waals surface area contributed by atoms with E-state index in [0.717, 1.165) is 22.2 Å². The molecule has 1 aliphatic rings. The Kier molecular flexibility index (Phi) is 5.53. The molecule has 1 aliphatic heterocycles. The summed E-state index contributed by atoms with van der Waals surface area (Å²) in [5.41, 5.74) is 4.10. The molecule has 3 aromatic rings. The quantitative estimate of drug-likeness (QED) is 0.271. The Morgan fingerprint density at radius 2 is 2.13 bits per heavy atom. The Balaban J connectivity index is 1.76. The maximum atomic E-state index is 12.0. The van der Waals surface area contributed by atoms with Crippen molar-refractivity contribution in [2.24, 2.45) is 5.10 Å². The molecule has 0 fully saturated rings. The van der Waals surface area contributed by atoms with Gasteiger partial charge < -0.3 is 9.72 Å². The van der Waals surface area contributed by atoms with Crippen molar-refractivity contribution in [3.8, 4) is 0 Å². The first-order valence-electron chi connectivity index (χ1n) is 10.0. The van der Waals surface area contributed by atoms with E-state index in [1.807, 2.05) is 36.5 Å². The number of nitrogens with zero attached hydrogens (tertiary/aromatic N) is 3. The predicted molar refractivity (Wildman–Crippen MR) is 118 cm³/mol. The van der Waals surface area contributed by atoms with Crippen molar-refractivity contribution in [3.63, 3.8) is 0 Å². The summed E-state index contributed by atoms with van der Waals surface area (Å²) >= 11 is 0. The molecule has 0 amide bonds. The van der Waals surface area contributed by atoms with Gasteiger partial charge in [0.05, 0.1) is 23.3 Å². The number of esters is 1. The molecule has 4 rings (SSSR count). The van der Waals surface area contributed by atoms with Gasteiger partial charge in [0.1, 0.15) is 0 Å². The van der Waals surface area contributed by atoms with Crippen molar-refractivity contribution >= 4 is 28.3 Å². The Hall–Kier alpha value is -3.94. The number of hydrogen-bond donors (Lipinski definition) is 1. The van der Waals surface area contributed by atoms with Gasteiger partial charge in [0.15, 0.2) is 0 Å². The lowest BCUT2D eigenvalue weighted by Crippen LogP contribution is -2.18. The fraction of sp³-hybridized carbons (Fsp3) is 0.217. The van der Waals surface area contributed by atoms with Gasteiger partial charge in [-0.1, -0.05) is 30.3 Å². The number of ether oxygens (including phenoxy) is 1. The molecule has 8 heteroatoms. The minimum absolute atomic E-state index is 0.0149. The van der Waals surface area contributed by atoms with E-state index in [1.165, 1.54) is 18.2 Å². The number of H-pyrrole nitrogens is 1. The lowest BCUT2D eigenvalue weighted by Gasteiger charge is -2.23. The Morgan fingerprint density at radius 3 is 2.90 bits per heavy atom. The number of rotatable bonds is 6. The van der Waals surface area contributed by atoms with E-state index in [9.17, 15) is 14.9 Å². The number of hydrazone groups is 1. The molecule has 2 heterocycles. The van der Waals surface area contributed by atoms with E-state index in [4.69, 9.17) is 9.84 Å². The Bertz CT molecular complexity index is 1210. The third-order valence-electron chi connectivity index (χ3n) is 5.26. The number of nitrogens with one attached hydrogen (secondary N) is 1. The SMILES string of the molecule is CCOC(=O)/C=C(/C)N1N=C(c2cccc([N+](=O)[O-])c2)C[C@@H]1c1c[nH]c2ccccc12. The standard InChI is InChI=1S/C23H22N4O4/c1-3-31-23(28)11-15(2)26-22(19-14-24-20-10-5-4-9-18(19)20)13-21(25-26)16-7-6-8-17(12-16)27(29)30/h4-12,14,22,24H,3,13H2,1-2H3/b15-11-/t22-/m1/s1. The zero-order valence-electron chi connectivity index (χ0n) is 17.2. The molecule has 31 heavy (non-hydrogen) atoms.